The van der Waals surface area contributed by atoms with Crippen molar-refractivity contribution in [3.63, 3.8) is 0 Å². The topological polar surface area (TPSA) is 40.5 Å². The molecule has 1 N–H and O–H groups in total. The molecule has 1 aliphatic heterocycles. The number of carbonyl (C=O) groups is 1. The van der Waals surface area contributed by atoms with Crippen LogP contribution in [-0.2, 0) is 4.79 Å². The number of hydrogen-bond donors (Lipinski definition) is 1. The Morgan fingerprint density at radius 3 is 3.00 bits per heavy atom. The minimum absolute atomic E-state index is 0.00482. The van der Waals surface area contributed by atoms with Crippen LogP contribution in [0.3, 0.4) is 0 Å². The molecule has 1 unspecified atom stereocenters. The third kappa shape index (κ3) is 2.53. The van der Waals surface area contributed by atoms with E-state index in [1.807, 2.05) is 24.9 Å². The highest BCUT2D eigenvalue weighted by atomic mass is 35.5. The Balaban J connectivity index is 2.35. The molecule has 1 aromatic rings. The lowest BCUT2D eigenvalue weighted by Crippen LogP contribution is -2.38. The lowest BCUT2D eigenvalue weighted by Gasteiger charge is -2.35. The number of fused-ring (bicyclic) bond motifs is 1. The lowest BCUT2D eigenvalue weighted by molar-refractivity contribution is -0.137. The molecule has 0 bridgehead atoms. The van der Waals surface area contributed by atoms with Crippen LogP contribution < -0.4 is 4.90 Å². The van der Waals surface area contributed by atoms with Gasteiger partial charge in [0, 0.05) is 23.7 Å². The van der Waals surface area contributed by atoms with Crippen molar-refractivity contribution in [2.75, 3.05) is 17.7 Å². The summed E-state index contributed by atoms with van der Waals surface area (Å²) in [5.41, 5.74) is 2.09. The largest absolute Gasteiger partial charge is 0.481 e. The highest BCUT2D eigenvalue weighted by molar-refractivity contribution is 7.99. The minimum atomic E-state index is -0.769. The zero-order valence-corrected chi connectivity index (χ0v) is 11.3. The maximum Gasteiger partial charge on any atom is 0.305 e. The van der Waals surface area contributed by atoms with Gasteiger partial charge >= 0.3 is 5.97 Å². The number of halogens is 1. The number of carboxylic acid groups (broad SMARTS) is 1. The first-order valence-corrected chi connectivity index (χ1v) is 6.73. The second-order valence-corrected chi connectivity index (χ2v) is 5.74. The molecule has 0 saturated carbocycles. The Morgan fingerprint density at radius 2 is 2.35 bits per heavy atom. The SMILES string of the molecule is Cc1cc(Cl)c2c(c1)SCC(CC(=O)O)N2C. The molecule has 0 saturated heterocycles. The van der Waals surface area contributed by atoms with Gasteiger partial charge in [0.1, 0.15) is 0 Å². The van der Waals surface area contributed by atoms with E-state index in [0.29, 0.717) is 5.02 Å². The number of thioether (sulfide) groups is 1. The molecule has 0 fully saturated rings. The van der Waals surface area contributed by atoms with Crippen molar-refractivity contribution in [2.45, 2.75) is 24.3 Å². The van der Waals surface area contributed by atoms with Gasteiger partial charge in [-0.2, -0.15) is 0 Å². The molecule has 2 rings (SSSR count). The number of aryl methyl sites for hydroxylation is 1. The third-order valence-electron chi connectivity index (χ3n) is 2.91. The van der Waals surface area contributed by atoms with Gasteiger partial charge in [0.05, 0.1) is 17.1 Å². The van der Waals surface area contributed by atoms with Gasteiger partial charge in [0.2, 0.25) is 0 Å². The van der Waals surface area contributed by atoms with Crippen LogP contribution in [0.25, 0.3) is 0 Å². The summed E-state index contributed by atoms with van der Waals surface area (Å²) in [6, 6.07) is 4.02. The number of aliphatic carboxylic acids is 1. The van der Waals surface area contributed by atoms with E-state index in [1.165, 1.54) is 0 Å². The van der Waals surface area contributed by atoms with Gasteiger partial charge in [0.25, 0.3) is 0 Å². The van der Waals surface area contributed by atoms with Crippen LogP contribution in [0.2, 0.25) is 5.02 Å². The lowest BCUT2D eigenvalue weighted by atomic mass is 10.1. The first-order valence-electron chi connectivity index (χ1n) is 5.36. The zero-order chi connectivity index (χ0) is 12.6. The summed E-state index contributed by atoms with van der Waals surface area (Å²) in [4.78, 5) is 13.9. The molecule has 17 heavy (non-hydrogen) atoms. The van der Waals surface area contributed by atoms with Crippen LogP contribution in [0.4, 0.5) is 5.69 Å². The van der Waals surface area contributed by atoms with Crippen molar-refractivity contribution < 1.29 is 9.90 Å². The van der Waals surface area contributed by atoms with Crippen molar-refractivity contribution in [2.24, 2.45) is 0 Å². The number of rotatable bonds is 2. The highest BCUT2D eigenvalue weighted by Gasteiger charge is 2.27. The molecule has 0 aromatic heterocycles. The molecule has 0 spiro atoms. The predicted octanol–water partition coefficient (Wildman–Crippen LogP) is 3.03. The highest BCUT2D eigenvalue weighted by Crippen LogP contribution is 2.42. The van der Waals surface area contributed by atoms with Crippen LogP contribution in [-0.4, -0.2) is 29.9 Å². The standard InChI is InChI=1S/C12H14ClNO2S/c1-7-3-9(13)12-10(4-7)17-6-8(14(12)2)5-11(15)16/h3-4,8H,5-6H2,1-2H3,(H,15,16). The molecular weight excluding hydrogens is 258 g/mol. The number of nitrogens with zero attached hydrogens (tertiary/aromatic N) is 1. The molecule has 92 valence electrons. The van der Waals surface area contributed by atoms with E-state index < -0.39 is 5.97 Å². The molecule has 1 heterocycles. The number of hydrogen-bond acceptors (Lipinski definition) is 3. The molecule has 1 aliphatic rings. The summed E-state index contributed by atoms with van der Waals surface area (Å²) >= 11 is 7.92. The maximum absolute atomic E-state index is 10.8. The van der Waals surface area contributed by atoms with Gasteiger partial charge in [-0.05, 0) is 24.6 Å². The maximum atomic E-state index is 10.8. The molecule has 0 amide bonds. The first kappa shape index (κ1) is 12.6. The third-order valence-corrected chi connectivity index (χ3v) is 4.38. The molecule has 5 heteroatoms. The minimum Gasteiger partial charge on any atom is -0.481 e. The Labute approximate surface area is 110 Å². The summed E-state index contributed by atoms with van der Waals surface area (Å²) in [5.74, 6) is 0.0180. The van der Waals surface area contributed by atoms with E-state index in [2.05, 4.69) is 6.07 Å². The fourth-order valence-corrected chi connectivity index (χ4v) is 3.87. The Kier molecular flexibility index (Phi) is 3.54. The van der Waals surface area contributed by atoms with E-state index >= 15 is 0 Å². The first-order chi connectivity index (χ1) is 7.99. The fourth-order valence-electron chi connectivity index (χ4n) is 2.03. The molecular formula is C12H14ClNO2S. The molecule has 3 nitrogen and oxygen atoms in total. The van der Waals surface area contributed by atoms with Crippen molar-refractivity contribution in [1.82, 2.24) is 0 Å². The summed E-state index contributed by atoms with van der Waals surface area (Å²) in [6.07, 6.45) is 0.146. The predicted molar refractivity (Wildman–Crippen MR) is 71.4 cm³/mol. The van der Waals surface area contributed by atoms with E-state index in [1.54, 1.807) is 11.8 Å². The van der Waals surface area contributed by atoms with Crippen LogP contribution in [0.1, 0.15) is 12.0 Å². The molecule has 1 atom stereocenters. The fraction of sp³-hybridized carbons (Fsp3) is 0.417. The molecule has 0 radical (unpaired) electrons. The van der Waals surface area contributed by atoms with Crippen molar-refractivity contribution >= 4 is 35.0 Å². The van der Waals surface area contributed by atoms with Crippen LogP contribution in [0, 0.1) is 6.92 Å². The Morgan fingerprint density at radius 1 is 1.65 bits per heavy atom. The van der Waals surface area contributed by atoms with Crippen molar-refractivity contribution in [3.05, 3.63) is 22.7 Å². The molecule has 0 aliphatic carbocycles. The Hall–Kier alpha value is -0.870. The number of carboxylic acids is 1. The van der Waals surface area contributed by atoms with Gasteiger partial charge in [-0.25, -0.2) is 0 Å². The van der Waals surface area contributed by atoms with Gasteiger partial charge in [-0.1, -0.05) is 11.6 Å². The zero-order valence-electron chi connectivity index (χ0n) is 9.74. The second-order valence-electron chi connectivity index (χ2n) is 4.27. The second kappa shape index (κ2) is 4.78. The monoisotopic (exact) mass is 271 g/mol. The van der Waals surface area contributed by atoms with Gasteiger partial charge in [-0.3, -0.25) is 4.79 Å². The summed E-state index contributed by atoms with van der Waals surface area (Å²) in [5, 5.41) is 9.58. The molecule has 1 aromatic carbocycles. The number of benzene rings is 1. The van der Waals surface area contributed by atoms with Crippen molar-refractivity contribution in [1.29, 1.82) is 0 Å². The van der Waals surface area contributed by atoms with E-state index in [9.17, 15) is 4.79 Å². The van der Waals surface area contributed by atoms with Crippen LogP contribution in [0.5, 0.6) is 0 Å². The van der Waals surface area contributed by atoms with Crippen LogP contribution >= 0.6 is 23.4 Å². The average Bonchev–Trinajstić information content (AvgIpc) is 2.20. The smallest absolute Gasteiger partial charge is 0.305 e. The summed E-state index contributed by atoms with van der Waals surface area (Å²) < 4.78 is 0. The van der Waals surface area contributed by atoms with E-state index in [0.717, 1.165) is 21.9 Å². The van der Waals surface area contributed by atoms with Crippen molar-refractivity contribution in [3.8, 4) is 0 Å². The number of anilines is 1. The quantitative estimate of drug-likeness (QED) is 0.898. The van der Waals surface area contributed by atoms with Gasteiger partial charge in [0.15, 0.2) is 0 Å². The van der Waals surface area contributed by atoms with E-state index in [-0.39, 0.29) is 12.5 Å². The van der Waals surface area contributed by atoms with Crippen LogP contribution in [0.15, 0.2) is 17.0 Å². The Bertz CT molecular complexity index is 464. The normalized spacial score (nSPS) is 19.0. The van der Waals surface area contributed by atoms with E-state index in [4.69, 9.17) is 16.7 Å². The summed E-state index contributed by atoms with van der Waals surface area (Å²) in [6.45, 7) is 2.01. The van der Waals surface area contributed by atoms with Gasteiger partial charge in [-0.15, -0.1) is 11.8 Å². The average molecular weight is 272 g/mol. The summed E-state index contributed by atoms with van der Waals surface area (Å²) in [7, 11) is 1.91. The van der Waals surface area contributed by atoms with Gasteiger partial charge < -0.3 is 10.0 Å².